The van der Waals surface area contributed by atoms with Crippen molar-refractivity contribution in [2.24, 2.45) is 0 Å². The Morgan fingerprint density at radius 3 is 1.26 bits per heavy atom. The maximum absolute atomic E-state index is 16.4. The molecule has 2 aliphatic heterocycles. The molecular weight excluding hydrogens is 1250 g/mol. The fourth-order valence-corrected chi connectivity index (χ4v) is 13.5. The fraction of sp³-hybridized carbons (Fsp3) is 0.200. The van der Waals surface area contributed by atoms with Crippen molar-refractivity contribution in [3.8, 4) is 11.5 Å². The van der Waals surface area contributed by atoms with E-state index >= 15 is 9.59 Å². The van der Waals surface area contributed by atoms with E-state index in [2.05, 4.69) is 15.0 Å². The van der Waals surface area contributed by atoms with Gasteiger partial charge in [0.25, 0.3) is 11.8 Å². The zero-order valence-electron chi connectivity index (χ0n) is 55.2. The standard InChI is InChI=1S/C85H76N4O11/c90-83-76-74-69-43-41-67(95-50-61-31-15-4-16-32-61)45-71(69)86-78(74)79-75(77(76)84(91)89(83)87-66(55-92-47-58-25-9-1-10-26-58)56-93-48-59-27-11-2-12-28-59)70-44-42-68(96-51-62-33-17-5-18-34-62)46-72(70)88(79)85-82(99-54-65-39-23-8-24-40-65)81(98-53-64-37-21-7-22-38-64)80(97-52-63-35-19-6-20-36-63)73(100-85)57-94-49-60-29-13-3-14-30-60/h1-46,66,73,80-82,85-87H,47-57H2/t73-,80-,81+,82-,85-/m1/s1. The Bertz CT molecular complexity index is 4810. The van der Waals surface area contributed by atoms with Gasteiger partial charge in [-0.05, 0) is 68.8 Å². The van der Waals surface area contributed by atoms with E-state index < -0.39 is 48.5 Å². The van der Waals surface area contributed by atoms with Gasteiger partial charge >= 0.3 is 0 Å². The molecule has 5 atom stereocenters. The molecule has 0 bridgehead atoms. The van der Waals surface area contributed by atoms with Gasteiger partial charge in [-0.15, -0.1) is 0 Å². The van der Waals surface area contributed by atoms with Crippen LogP contribution in [0.2, 0.25) is 0 Å². The van der Waals surface area contributed by atoms with Crippen LogP contribution in [-0.2, 0) is 86.0 Å². The highest BCUT2D eigenvalue weighted by atomic mass is 16.6. The Kier molecular flexibility index (Phi) is 20.3. The lowest BCUT2D eigenvalue weighted by atomic mass is 9.95. The predicted molar refractivity (Wildman–Crippen MR) is 385 cm³/mol. The van der Waals surface area contributed by atoms with Crippen LogP contribution in [-0.4, -0.2) is 76.7 Å². The lowest BCUT2D eigenvalue weighted by molar-refractivity contribution is -0.288. The van der Waals surface area contributed by atoms with Crippen molar-refractivity contribution in [3.63, 3.8) is 0 Å². The average molecular weight is 1330 g/mol. The molecule has 15 rings (SSSR count). The van der Waals surface area contributed by atoms with Gasteiger partial charge in [0.15, 0.2) is 6.23 Å². The second kappa shape index (κ2) is 31.1. The van der Waals surface area contributed by atoms with E-state index in [9.17, 15) is 0 Å². The molecule has 0 aliphatic carbocycles. The summed E-state index contributed by atoms with van der Waals surface area (Å²) in [5.74, 6) is 0.0412. The zero-order chi connectivity index (χ0) is 67.4. The van der Waals surface area contributed by atoms with E-state index in [4.69, 9.17) is 42.6 Å². The topological polar surface area (TPSA) is 153 Å². The molecule has 502 valence electrons. The molecule has 1 saturated heterocycles. The average Bonchev–Trinajstić information content (AvgIpc) is 1.52. The molecule has 13 aromatic rings. The van der Waals surface area contributed by atoms with Crippen LogP contribution in [0.15, 0.2) is 279 Å². The van der Waals surface area contributed by atoms with Crippen LogP contribution >= 0.6 is 0 Å². The molecule has 15 nitrogen and oxygen atoms in total. The first-order valence-corrected chi connectivity index (χ1v) is 34.0. The van der Waals surface area contributed by atoms with Crippen LogP contribution in [0.25, 0.3) is 43.6 Å². The predicted octanol–water partition coefficient (Wildman–Crippen LogP) is 16.4. The second-order valence-corrected chi connectivity index (χ2v) is 25.3. The molecule has 15 heteroatoms. The third-order valence-electron chi connectivity index (χ3n) is 18.3. The molecule has 0 radical (unpaired) electrons. The summed E-state index contributed by atoms with van der Waals surface area (Å²) in [5.41, 5.74) is 13.9. The number of benzene rings is 11. The molecule has 2 amide bonds. The normalized spacial score (nSPS) is 16.9. The van der Waals surface area contributed by atoms with Crippen LogP contribution in [0.5, 0.6) is 11.5 Å². The van der Waals surface area contributed by atoms with Crippen molar-refractivity contribution in [2.45, 2.75) is 89.5 Å². The number of ether oxygens (including phenoxy) is 9. The molecule has 100 heavy (non-hydrogen) atoms. The number of hydrazine groups is 1. The van der Waals surface area contributed by atoms with Gasteiger partial charge in [0.2, 0.25) is 0 Å². The minimum absolute atomic E-state index is 0.0753. The number of carbonyl (C=O) groups is 2. The second-order valence-electron chi connectivity index (χ2n) is 25.3. The number of nitrogens with one attached hydrogen (secondary N) is 2. The van der Waals surface area contributed by atoms with Gasteiger partial charge in [-0.3, -0.25) is 9.59 Å². The summed E-state index contributed by atoms with van der Waals surface area (Å²) in [7, 11) is 0. The van der Waals surface area contributed by atoms with Gasteiger partial charge < -0.3 is 52.2 Å². The number of hydrogen-bond donors (Lipinski definition) is 2. The quantitative estimate of drug-likeness (QED) is 0.0412. The summed E-state index contributed by atoms with van der Waals surface area (Å²) in [4.78, 5) is 36.4. The Morgan fingerprint density at radius 1 is 0.400 bits per heavy atom. The molecule has 1 fully saturated rings. The van der Waals surface area contributed by atoms with Gasteiger partial charge in [0.1, 0.15) is 49.1 Å². The molecule has 11 aromatic carbocycles. The van der Waals surface area contributed by atoms with E-state index in [1.807, 2.05) is 279 Å². The molecule has 2 N–H and O–H groups in total. The van der Waals surface area contributed by atoms with Gasteiger partial charge in [-0.25, -0.2) is 10.4 Å². The number of H-pyrrole nitrogens is 1. The number of aromatic nitrogens is 2. The number of carbonyl (C=O) groups excluding carboxylic acids is 2. The third-order valence-corrected chi connectivity index (χ3v) is 18.3. The summed E-state index contributed by atoms with van der Waals surface area (Å²) in [5, 5.41) is 3.51. The first-order chi connectivity index (χ1) is 49.4. The lowest BCUT2D eigenvalue weighted by Crippen LogP contribution is -2.59. The molecule has 0 spiro atoms. The Labute approximate surface area is 580 Å². The van der Waals surface area contributed by atoms with Crippen molar-refractivity contribution in [2.75, 3.05) is 19.8 Å². The van der Waals surface area contributed by atoms with Crippen molar-refractivity contribution in [3.05, 3.63) is 335 Å². The van der Waals surface area contributed by atoms with Gasteiger partial charge in [-0.2, -0.15) is 0 Å². The van der Waals surface area contributed by atoms with Crippen molar-refractivity contribution >= 4 is 55.4 Å². The van der Waals surface area contributed by atoms with Gasteiger partial charge in [0, 0.05) is 33.7 Å². The molecular formula is C85H76N4O11. The SMILES string of the molecule is O=C1c2c(c3c4ccc(OCc5ccccc5)cc4n([C@@H]4O[C@H](COCc5ccccc5)[C@@H](OCc5ccccc5)[C@H](OCc5ccccc5)[C@H]4OCc4ccccc4)c3c3[nH]c4cc(OCc5ccccc5)ccc4c23)C(=O)N1NC(COCc1ccccc1)COCc1ccccc1. The summed E-state index contributed by atoms with van der Waals surface area (Å²) >= 11 is 0. The molecule has 2 aliphatic rings. The Hall–Kier alpha value is -10.6. The van der Waals surface area contributed by atoms with E-state index in [1.54, 1.807) is 0 Å². The third kappa shape index (κ3) is 14.8. The van der Waals surface area contributed by atoms with E-state index in [0.717, 1.165) is 49.5 Å². The summed E-state index contributed by atoms with van der Waals surface area (Å²) in [6.45, 7) is 2.29. The first-order valence-electron chi connectivity index (χ1n) is 34.0. The van der Waals surface area contributed by atoms with E-state index in [0.29, 0.717) is 74.9 Å². The molecule has 2 aromatic heterocycles. The number of amides is 2. The number of hydrogen-bond acceptors (Lipinski definition) is 12. The van der Waals surface area contributed by atoms with Crippen LogP contribution < -0.4 is 14.9 Å². The Balaban J connectivity index is 0.936. The molecule has 0 unspecified atom stereocenters. The highest BCUT2D eigenvalue weighted by Gasteiger charge is 2.51. The van der Waals surface area contributed by atoms with Crippen LogP contribution in [0.3, 0.4) is 0 Å². The van der Waals surface area contributed by atoms with E-state index in [-0.39, 0.29) is 64.0 Å². The Morgan fingerprint density at radius 2 is 0.790 bits per heavy atom. The van der Waals surface area contributed by atoms with Gasteiger partial charge in [-0.1, -0.05) is 243 Å². The van der Waals surface area contributed by atoms with Crippen molar-refractivity contribution in [1.29, 1.82) is 0 Å². The minimum Gasteiger partial charge on any atom is -0.489 e. The van der Waals surface area contributed by atoms with Gasteiger partial charge in [0.05, 0.1) is 98.7 Å². The molecule has 0 saturated carbocycles. The zero-order valence-corrected chi connectivity index (χ0v) is 55.2. The number of imide groups is 1. The maximum Gasteiger partial charge on any atom is 0.276 e. The number of rotatable bonds is 30. The van der Waals surface area contributed by atoms with Crippen molar-refractivity contribution in [1.82, 2.24) is 20.0 Å². The smallest absolute Gasteiger partial charge is 0.276 e. The highest BCUT2D eigenvalue weighted by molar-refractivity contribution is 6.39. The minimum atomic E-state index is -1.08. The molecule has 4 heterocycles. The number of aromatic amines is 1. The van der Waals surface area contributed by atoms with Crippen LogP contribution in [0.1, 0.15) is 71.5 Å². The fourth-order valence-electron chi connectivity index (χ4n) is 13.5. The van der Waals surface area contributed by atoms with Crippen molar-refractivity contribution < 1.29 is 52.2 Å². The van der Waals surface area contributed by atoms with Crippen LogP contribution in [0, 0.1) is 0 Å². The van der Waals surface area contributed by atoms with E-state index in [1.165, 1.54) is 0 Å². The maximum atomic E-state index is 16.4. The summed E-state index contributed by atoms with van der Waals surface area (Å²) in [6.07, 6.45) is -4.50. The lowest BCUT2D eigenvalue weighted by Gasteiger charge is -2.47. The van der Waals surface area contributed by atoms with Crippen LogP contribution in [0.4, 0.5) is 0 Å². The summed E-state index contributed by atoms with van der Waals surface area (Å²) < 4.78 is 65.0. The monoisotopic (exact) mass is 1330 g/mol. The summed E-state index contributed by atoms with van der Waals surface area (Å²) in [6, 6.07) is 91.0. The highest BCUT2D eigenvalue weighted by Crippen LogP contribution is 2.49. The number of fused-ring (bicyclic) bond motifs is 10. The largest absolute Gasteiger partial charge is 0.489 e. The number of nitrogens with zero attached hydrogens (tertiary/aromatic N) is 2. The first kappa shape index (κ1) is 65.4.